The number of halogens is 2. The predicted molar refractivity (Wildman–Crippen MR) is 115 cm³/mol. The van der Waals surface area contributed by atoms with E-state index in [0.29, 0.717) is 25.1 Å². The molecule has 5 nitrogen and oxygen atoms in total. The number of hydrogen-bond donors (Lipinski definition) is 1. The Kier molecular flexibility index (Phi) is 6.21. The molecule has 4 rings (SSSR count). The standard InChI is InChI=1S/C24H24F2N4O/c25-18-9-4-16(5-10-18)6-13-22(31)30-14-2-1-3-21(30)23-20(15-28-24(27)29-23)17-7-11-19(26)12-8-17/h4-5,7-12,15,21H,1-3,6,13-14H2,(H2,27,28,29)/t21-/m1/s1. The molecular formula is C24H24F2N4O. The van der Waals surface area contributed by atoms with Gasteiger partial charge in [-0.3, -0.25) is 4.79 Å². The molecule has 0 aliphatic carbocycles. The van der Waals surface area contributed by atoms with Crippen molar-refractivity contribution < 1.29 is 13.6 Å². The van der Waals surface area contributed by atoms with Gasteiger partial charge in [0.25, 0.3) is 0 Å². The number of nitrogen functional groups attached to an aromatic ring is 1. The van der Waals surface area contributed by atoms with E-state index in [0.717, 1.165) is 36.0 Å². The van der Waals surface area contributed by atoms with E-state index in [1.807, 2.05) is 4.90 Å². The van der Waals surface area contributed by atoms with Crippen molar-refractivity contribution in [2.24, 2.45) is 0 Å². The Morgan fingerprint density at radius 2 is 1.71 bits per heavy atom. The largest absolute Gasteiger partial charge is 0.368 e. The lowest BCUT2D eigenvalue weighted by Crippen LogP contribution is -2.39. The number of carbonyl (C=O) groups excluding carboxylic acids is 1. The highest BCUT2D eigenvalue weighted by Crippen LogP contribution is 2.36. The minimum Gasteiger partial charge on any atom is -0.368 e. The second-order valence-electron chi connectivity index (χ2n) is 7.76. The zero-order valence-electron chi connectivity index (χ0n) is 17.1. The monoisotopic (exact) mass is 422 g/mol. The van der Waals surface area contributed by atoms with Crippen LogP contribution in [0.4, 0.5) is 14.7 Å². The number of nitrogens with two attached hydrogens (primary N) is 1. The Morgan fingerprint density at radius 3 is 2.42 bits per heavy atom. The molecule has 1 amide bonds. The van der Waals surface area contributed by atoms with Crippen molar-refractivity contribution in [3.05, 3.63) is 77.6 Å². The predicted octanol–water partition coefficient (Wildman–Crippen LogP) is 4.69. The van der Waals surface area contributed by atoms with Gasteiger partial charge >= 0.3 is 0 Å². The van der Waals surface area contributed by atoms with Crippen LogP contribution in [0.1, 0.15) is 43.0 Å². The van der Waals surface area contributed by atoms with E-state index in [2.05, 4.69) is 9.97 Å². The Bertz CT molecular complexity index is 1050. The Hall–Kier alpha value is -3.35. The van der Waals surface area contributed by atoms with E-state index < -0.39 is 0 Å². The normalized spacial score (nSPS) is 16.3. The minimum atomic E-state index is -0.322. The highest BCUT2D eigenvalue weighted by molar-refractivity contribution is 5.78. The first-order chi connectivity index (χ1) is 15.0. The summed E-state index contributed by atoms with van der Waals surface area (Å²) in [5.41, 5.74) is 9.02. The maximum Gasteiger partial charge on any atom is 0.223 e. The number of aryl methyl sites for hydroxylation is 1. The molecule has 1 fully saturated rings. The van der Waals surface area contributed by atoms with Crippen molar-refractivity contribution in [3.63, 3.8) is 0 Å². The molecule has 1 aliphatic heterocycles. The van der Waals surface area contributed by atoms with Gasteiger partial charge < -0.3 is 10.6 Å². The van der Waals surface area contributed by atoms with Crippen molar-refractivity contribution in [1.29, 1.82) is 0 Å². The van der Waals surface area contributed by atoms with Crippen LogP contribution >= 0.6 is 0 Å². The number of nitrogens with zero attached hydrogens (tertiary/aromatic N) is 3. The van der Waals surface area contributed by atoms with E-state index >= 15 is 0 Å². The third-order valence-corrected chi connectivity index (χ3v) is 5.67. The molecule has 1 saturated heterocycles. The number of likely N-dealkylation sites (tertiary alicyclic amines) is 1. The van der Waals surface area contributed by atoms with Crippen LogP contribution in [0, 0.1) is 11.6 Å². The number of aromatic nitrogens is 2. The minimum absolute atomic E-state index is 0.0243. The second-order valence-corrected chi connectivity index (χ2v) is 7.76. The lowest BCUT2D eigenvalue weighted by molar-refractivity contribution is -0.135. The van der Waals surface area contributed by atoms with Gasteiger partial charge in [-0.05, 0) is 61.1 Å². The number of amides is 1. The van der Waals surface area contributed by atoms with E-state index in [4.69, 9.17) is 5.73 Å². The zero-order valence-corrected chi connectivity index (χ0v) is 17.1. The van der Waals surface area contributed by atoms with Crippen molar-refractivity contribution in [1.82, 2.24) is 14.9 Å². The molecular weight excluding hydrogens is 398 g/mol. The number of piperidine rings is 1. The summed E-state index contributed by atoms with van der Waals surface area (Å²) in [5.74, 6) is -0.445. The van der Waals surface area contributed by atoms with Crippen LogP contribution < -0.4 is 5.73 Å². The van der Waals surface area contributed by atoms with Crippen molar-refractivity contribution in [2.45, 2.75) is 38.1 Å². The highest BCUT2D eigenvalue weighted by Gasteiger charge is 2.31. The number of hydrogen-bond acceptors (Lipinski definition) is 4. The van der Waals surface area contributed by atoms with Gasteiger partial charge in [0.1, 0.15) is 11.6 Å². The average Bonchev–Trinajstić information content (AvgIpc) is 2.79. The van der Waals surface area contributed by atoms with Crippen LogP contribution in [0.5, 0.6) is 0 Å². The van der Waals surface area contributed by atoms with Gasteiger partial charge in [0.15, 0.2) is 0 Å². The summed E-state index contributed by atoms with van der Waals surface area (Å²) in [6.07, 6.45) is 5.17. The maximum absolute atomic E-state index is 13.4. The first kappa shape index (κ1) is 20.9. The fourth-order valence-electron chi connectivity index (χ4n) is 4.08. The van der Waals surface area contributed by atoms with Crippen molar-refractivity contribution in [3.8, 4) is 11.1 Å². The van der Waals surface area contributed by atoms with Gasteiger partial charge in [-0.25, -0.2) is 18.7 Å². The molecule has 0 saturated carbocycles. The molecule has 160 valence electrons. The number of benzene rings is 2. The summed E-state index contributed by atoms with van der Waals surface area (Å²) >= 11 is 0. The van der Waals surface area contributed by atoms with Crippen LogP contribution in [0.3, 0.4) is 0 Å². The first-order valence-corrected chi connectivity index (χ1v) is 10.4. The molecule has 2 heterocycles. The molecule has 0 bridgehead atoms. The molecule has 3 aromatic rings. The summed E-state index contributed by atoms with van der Waals surface area (Å²) in [7, 11) is 0. The SMILES string of the molecule is Nc1ncc(-c2ccc(F)cc2)c([C@H]2CCCCN2C(=O)CCc2ccc(F)cc2)n1. The molecule has 0 spiro atoms. The maximum atomic E-state index is 13.4. The number of rotatable bonds is 5. The molecule has 7 heteroatoms. The molecule has 2 N–H and O–H groups in total. The highest BCUT2D eigenvalue weighted by atomic mass is 19.1. The van der Waals surface area contributed by atoms with Crippen LogP contribution in [-0.2, 0) is 11.2 Å². The summed E-state index contributed by atoms with van der Waals surface area (Å²) in [6, 6.07) is 12.1. The van der Waals surface area contributed by atoms with E-state index in [1.54, 1.807) is 30.5 Å². The van der Waals surface area contributed by atoms with Gasteiger partial charge in [0.2, 0.25) is 11.9 Å². The summed E-state index contributed by atoms with van der Waals surface area (Å²) in [4.78, 5) is 23.6. The summed E-state index contributed by atoms with van der Waals surface area (Å²) < 4.78 is 26.5. The fraction of sp³-hybridized carbons (Fsp3) is 0.292. The summed E-state index contributed by atoms with van der Waals surface area (Å²) in [6.45, 7) is 0.639. The number of carbonyl (C=O) groups is 1. The van der Waals surface area contributed by atoms with Crippen molar-refractivity contribution in [2.75, 3.05) is 12.3 Å². The topological polar surface area (TPSA) is 72.1 Å². The molecule has 1 atom stereocenters. The fourth-order valence-corrected chi connectivity index (χ4v) is 4.08. The van der Waals surface area contributed by atoms with Gasteiger partial charge in [-0.15, -0.1) is 0 Å². The quantitative estimate of drug-likeness (QED) is 0.647. The molecule has 0 unspecified atom stereocenters. The second kappa shape index (κ2) is 9.20. The molecule has 1 aliphatic rings. The zero-order chi connectivity index (χ0) is 21.8. The Labute approximate surface area is 179 Å². The average molecular weight is 422 g/mol. The van der Waals surface area contributed by atoms with Crippen LogP contribution in [0.15, 0.2) is 54.7 Å². The van der Waals surface area contributed by atoms with Gasteiger partial charge in [-0.1, -0.05) is 24.3 Å². The van der Waals surface area contributed by atoms with E-state index in [9.17, 15) is 13.6 Å². The number of anilines is 1. The van der Waals surface area contributed by atoms with Crippen LogP contribution in [0.2, 0.25) is 0 Å². The summed E-state index contributed by atoms with van der Waals surface area (Å²) in [5, 5.41) is 0. The van der Waals surface area contributed by atoms with Gasteiger partial charge in [0.05, 0.1) is 11.7 Å². The first-order valence-electron chi connectivity index (χ1n) is 10.4. The lowest BCUT2D eigenvalue weighted by atomic mass is 9.93. The van der Waals surface area contributed by atoms with Gasteiger partial charge in [-0.2, -0.15) is 0 Å². The Morgan fingerprint density at radius 1 is 1.03 bits per heavy atom. The Balaban J connectivity index is 1.59. The third kappa shape index (κ3) is 4.87. The molecule has 2 aromatic carbocycles. The molecule has 31 heavy (non-hydrogen) atoms. The van der Waals surface area contributed by atoms with Gasteiger partial charge in [0, 0.05) is 24.7 Å². The van der Waals surface area contributed by atoms with E-state index in [-0.39, 0.29) is 29.5 Å². The lowest BCUT2D eigenvalue weighted by Gasteiger charge is -2.36. The smallest absolute Gasteiger partial charge is 0.223 e. The van der Waals surface area contributed by atoms with Crippen LogP contribution in [0.25, 0.3) is 11.1 Å². The molecule has 0 radical (unpaired) electrons. The van der Waals surface area contributed by atoms with Crippen molar-refractivity contribution >= 4 is 11.9 Å². The van der Waals surface area contributed by atoms with Crippen LogP contribution in [-0.4, -0.2) is 27.3 Å². The third-order valence-electron chi connectivity index (χ3n) is 5.67. The molecule has 1 aromatic heterocycles. The van der Waals surface area contributed by atoms with E-state index in [1.165, 1.54) is 24.3 Å².